The molecule has 0 aliphatic carbocycles. The zero-order chi connectivity index (χ0) is 16.1. The number of fused-ring (bicyclic) bond motifs is 1. The number of carbonyl (C=O) groups is 1. The van der Waals surface area contributed by atoms with Crippen LogP contribution in [0.5, 0.6) is 5.88 Å². The van der Waals surface area contributed by atoms with E-state index in [0.29, 0.717) is 17.3 Å². The highest BCUT2D eigenvalue weighted by atomic mass is 16.3. The van der Waals surface area contributed by atoms with Crippen LogP contribution in [0.2, 0.25) is 0 Å². The van der Waals surface area contributed by atoms with Gasteiger partial charge in [-0.2, -0.15) is 0 Å². The van der Waals surface area contributed by atoms with Crippen LogP contribution < -0.4 is 0 Å². The lowest BCUT2D eigenvalue weighted by atomic mass is 9.94. The van der Waals surface area contributed by atoms with E-state index in [-0.39, 0.29) is 17.5 Å². The molecule has 22 heavy (non-hydrogen) atoms. The van der Waals surface area contributed by atoms with Crippen LogP contribution in [-0.4, -0.2) is 27.2 Å². The van der Waals surface area contributed by atoms with E-state index in [2.05, 4.69) is 15.2 Å². The molecule has 0 aliphatic heterocycles. The molecule has 1 aromatic carbocycles. The van der Waals surface area contributed by atoms with Crippen LogP contribution >= 0.6 is 0 Å². The van der Waals surface area contributed by atoms with Gasteiger partial charge in [-0.25, -0.2) is 0 Å². The van der Waals surface area contributed by atoms with Gasteiger partial charge in [0, 0.05) is 5.39 Å². The minimum atomic E-state index is -1.15. The summed E-state index contributed by atoms with van der Waals surface area (Å²) >= 11 is 0. The zero-order valence-corrected chi connectivity index (χ0v) is 12.8. The third-order valence-electron chi connectivity index (χ3n) is 3.79. The average molecular weight is 303 g/mol. The van der Waals surface area contributed by atoms with Crippen molar-refractivity contribution in [2.45, 2.75) is 39.2 Å². The van der Waals surface area contributed by atoms with Crippen molar-refractivity contribution < 1.29 is 15.0 Å². The van der Waals surface area contributed by atoms with Gasteiger partial charge in [-0.15, -0.1) is 10.2 Å². The topological polar surface area (TPSA) is 98.0 Å². The highest BCUT2D eigenvalue weighted by molar-refractivity contribution is 5.94. The molecule has 0 radical (unpaired) electrons. The van der Waals surface area contributed by atoms with Crippen LogP contribution in [0.25, 0.3) is 10.9 Å². The average Bonchev–Trinajstić information content (AvgIpc) is 2.85. The number of aromatic hydroxyl groups is 1. The summed E-state index contributed by atoms with van der Waals surface area (Å²) in [7, 11) is 0. The highest BCUT2D eigenvalue weighted by Gasteiger charge is 2.24. The molecule has 0 spiro atoms. The van der Waals surface area contributed by atoms with Gasteiger partial charge in [0.1, 0.15) is 6.10 Å². The molecule has 6 heteroatoms. The number of aliphatic hydroxyl groups excluding tert-OH is 1. The number of azo groups is 1. The Hall–Kier alpha value is -2.21. The molecule has 0 saturated heterocycles. The number of aromatic amines is 1. The van der Waals surface area contributed by atoms with Crippen LogP contribution in [0.1, 0.15) is 33.1 Å². The number of aromatic nitrogens is 1. The predicted octanol–water partition coefficient (Wildman–Crippen LogP) is 3.67. The summed E-state index contributed by atoms with van der Waals surface area (Å²) in [6.45, 7) is 3.94. The number of benzene rings is 1. The number of hydrogen-bond donors (Lipinski definition) is 3. The van der Waals surface area contributed by atoms with E-state index < -0.39 is 12.0 Å². The summed E-state index contributed by atoms with van der Waals surface area (Å²) in [4.78, 5) is 14.7. The summed E-state index contributed by atoms with van der Waals surface area (Å²) in [5.74, 6) is -0.939. The molecule has 6 nitrogen and oxygen atoms in total. The van der Waals surface area contributed by atoms with E-state index in [1.807, 2.05) is 19.9 Å². The van der Waals surface area contributed by atoms with Crippen LogP contribution in [0, 0.1) is 5.92 Å². The lowest BCUT2D eigenvalue weighted by Crippen LogP contribution is -2.27. The normalized spacial score (nSPS) is 14.5. The van der Waals surface area contributed by atoms with E-state index in [0.717, 1.165) is 12.8 Å². The first-order valence-corrected chi connectivity index (χ1v) is 7.51. The fraction of sp³-hybridized carbons (Fsp3) is 0.438. The molecule has 1 aromatic heterocycles. The highest BCUT2D eigenvalue weighted by Crippen LogP contribution is 2.35. The van der Waals surface area contributed by atoms with Crippen LogP contribution in [0.15, 0.2) is 34.5 Å². The fourth-order valence-corrected chi connectivity index (χ4v) is 2.53. The summed E-state index contributed by atoms with van der Waals surface area (Å²) in [5.41, 5.74) is 0.916. The fourth-order valence-electron chi connectivity index (χ4n) is 2.53. The Morgan fingerprint density at radius 1 is 1.32 bits per heavy atom. The molecule has 2 unspecified atom stereocenters. The molecule has 0 fully saturated rings. The Kier molecular flexibility index (Phi) is 5.27. The standard InChI is InChI=1S/C16H21N3O3/c1-3-7-10(4-2)14(20)16(22)19-18-13-11-8-5-6-9-12(11)17-15(13)21/h5-6,8-10,14,17,20-21H,3-4,7H2,1-2H3. The lowest BCUT2D eigenvalue weighted by Gasteiger charge is -2.17. The first kappa shape index (κ1) is 16.2. The number of aliphatic hydroxyl groups is 1. The number of nitrogens with zero attached hydrogens (tertiary/aromatic N) is 2. The quantitative estimate of drug-likeness (QED) is 0.710. The molecule has 0 aliphatic rings. The Labute approximate surface area is 128 Å². The van der Waals surface area contributed by atoms with Crippen molar-refractivity contribution in [3.05, 3.63) is 24.3 Å². The third kappa shape index (κ3) is 3.33. The van der Waals surface area contributed by atoms with Gasteiger partial charge in [0.25, 0.3) is 5.91 Å². The number of carbonyl (C=O) groups excluding carboxylic acids is 1. The Morgan fingerprint density at radius 2 is 2.05 bits per heavy atom. The van der Waals surface area contributed by atoms with E-state index in [1.54, 1.807) is 18.2 Å². The van der Waals surface area contributed by atoms with Crippen molar-refractivity contribution in [2.75, 3.05) is 0 Å². The van der Waals surface area contributed by atoms with Crippen LogP contribution in [-0.2, 0) is 4.79 Å². The van der Waals surface area contributed by atoms with Crippen LogP contribution in [0.3, 0.4) is 0 Å². The zero-order valence-electron chi connectivity index (χ0n) is 12.8. The van der Waals surface area contributed by atoms with E-state index in [1.165, 1.54) is 0 Å². The largest absolute Gasteiger partial charge is 0.493 e. The van der Waals surface area contributed by atoms with Gasteiger partial charge in [0.05, 0.1) is 5.52 Å². The van der Waals surface area contributed by atoms with Gasteiger partial charge in [-0.05, 0) is 18.4 Å². The minimum absolute atomic E-state index is 0.118. The maximum atomic E-state index is 12.0. The molecule has 0 saturated carbocycles. The monoisotopic (exact) mass is 303 g/mol. The van der Waals surface area contributed by atoms with Gasteiger partial charge >= 0.3 is 0 Å². The maximum absolute atomic E-state index is 12.0. The van der Waals surface area contributed by atoms with Crippen LogP contribution in [0.4, 0.5) is 5.69 Å². The summed E-state index contributed by atoms with van der Waals surface area (Å²) in [6, 6.07) is 7.19. The molecule has 1 amide bonds. The number of nitrogens with one attached hydrogen (secondary N) is 1. The van der Waals surface area contributed by atoms with Gasteiger partial charge in [-0.3, -0.25) is 4.79 Å². The lowest BCUT2D eigenvalue weighted by molar-refractivity contribution is -0.129. The first-order chi connectivity index (χ1) is 10.6. The van der Waals surface area contributed by atoms with E-state index in [9.17, 15) is 15.0 Å². The Bertz CT molecular complexity index is 678. The molecule has 2 atom stereocenters. The molecular weight excluding hydrogens is 282 g/mol. The first-order valence-electron chi connectivity index (χ1n) is 7.51. The van der Waals surface area contributed by atoms with Gasteiger partial charge in [-0.1, -0.05) is 44.9 Å². The van der Waals surface area contributed by atoms with Crippen molar-refractivity contribution in [1.82, 2.24) is 4.98 Å². The molecule has 2 aromatic rings. The second kappa shape index (κ2) is 7.17. The van der Waals surface area contributed by atoms with Gasteiger partial charge in [0.15, 0.2) is 5.69 Å². The molecule has 1 heterocycles. The second-order valence-electron chi connectivity index (χ2n) is 5.31. The number of para-hydroxylation sites is 1. The van der Waals surface area contributed by atoms with Crippen molar-refractivity contribution in [2.24, 2.45) is 16.1 Å². The summed E-state index contributed by atoms with van der Waals surface area (Å²) in [6.07, 6.45) is 1.20. The number of rotatable bonds is 6. The van der Waals surface area contributed by atoms with Gasteiger partial charge in [0.2, 0.25) is 5.88 Å². The SMILES string of the molecule is CCCC(CC)C(O)C(=O)N=Nc1c(O)[nH]c2ccccc12. The molecule has 3 N–H and O–H groups in total. The smallest absolute Gasteiger partial charge is 0.293 e. The summed E-state index contributed by atoms with van der Waals surface area (Å²) < 4.78 is 0. The molecule has 118 valence electrons. The molecule has 2 rings (SSSR count). The van der Waals surface area contributed by atoms with Crippen molar-refractivity contribution in [3.8, 4) is 5.88 Å². The molecular formula is C16H21N3O3. The Morgan fingerprint density at radius 3 is 2.73 bits per heavy atom. The summed E-state index contributed by atoms with van der Waals surface area (Å²) in [5, 5.41) is 28.0. The predicted molar refractivity (Wildman–Crippen MR) is 84.2 cm³/mol. The van der Waals surface area contributed by atoms with Crippen molar-refractivity contribution in [3.63, 3.8) is 0 Å². The second-order valence-corrected chi connectivity index (χ2v) is 5.31. The minimum Gasteiger partial charge on any atom is -0.493 e. The number of hydrogen-bond acceptors (Lipinski definition) is 4. The van der Waals surface area contributed by atoms with E-state index >= 15 is 0 Å². The Balaban J connectivity index is 2.19. The number of amides is 1. The van der Waals surface area contributed by atoms with E-state index in [4.69, 9.17) is 0 Å². The number of H-pyrrole nitrogens is 1. The third-order valence-corrected chi connectivity index (χ3v) is 3.79. The van der Waals surface area contributed by atoms with Crippen molar-refractivity contribution >= 4 is 22.5 Å². The maximum Gasteiger partial charge on any atom is 0.293 e. The molecule has 0 bridgehead atoms. The van der Waals surface area contributed by atoms with Crippen molar-refractivity contribution in [1.29, 1.82) is 0 Å². The van der Waals surface area contributed by atoms with Gasteiger partial charge < -0.3 is 15.2 Å².